The van der Waals surface area contributed by atoms with Gasteiger partial charge in [-0.05, 0) is 49.1 Å². The quantitative estimate of drug-likeness (QED) is 0.400. The highest BCUT2D eigenvalue weighted by Gasteiger charge is 2.19. The van der Waals surface area contributed by atoms with E-state index in [2.05, 4.69) is 10.2 Å². The van der Waals surface area contributed by atoms with Gasteiger partial charge < -0.3 is 18.6 Å². The van der Waals surface area contributed by atoms with Crippen LogP contribution in [0.4, 0.5) is 0 Å². The molecule has 7 nitrogen and oxygen atoms in total. The number of rotatable bonds is 9. The maximum absolute atomic E-state index is 12.0. The number of nitrogens with zero attached hydrogens (tertiary/aromatic N) is 2. The van der Waals surface area contributed by atoms with Crippen LogP contribution in [0.1, 0.15) is 31.8 Å². The summed E-state index contributed by atoms with van der Waals surface area (Å²) in [5.41, 5.74) is 0. The monoisotopic (exact) mass is 388 g/mol. The van der Waals surface area contributed by atoms with Crippen LogP contribution < -0.4 is 9.47 Å². The molecule has 0 radical (unpaired) electrons. The maximum Gasteiger partial charge on any atom is 0.306 e. The minimum Gasteiger partial charge on any atom is -0.497 e. The van der Waals surface area contributed by atoms with E-state index in [1.807, 2.05) is 41.8 Å². The lowest BCUT2D eigenvalue weighted by atomic mass is 10.3. The summed E-state index contributed by atoms with van der Waals surface area (Å²) in [6, 6.07) is 11.1. The van der Waals surface area contributed by atoms with E-state index in [0.29, 0.717) is 18.9 Å². The van der Waals surface area contributed by atoms with Crippen molar-refractivity contribution in [3.63, 3.8) is 0 Å². The molecule has 0 fully saturated rings. The number of aromatic nitrogens is 2. The average Bonchev–Trinajstić information content (AvgIpc) is 3.37. The van der Waals surface area contributed by atoms with Gasteiger partial charge in [-0.2, -0.15) is 0 Å². The molecule has 1 atom stereocenters. The van der Waals surface area contributed by atoms with Gasteiger partial charge in [0.1, 0.15) is 11.5 Å². The van der Waals surface area contributed by atoms with E-state index in [9.17, 15) is 4.79 Å². The summed E-state index contributed by atoms with van der Waals surface area (Å²) >= 11 is 1.50. The normalized spacial score (nSPS) is 11.8. The van der Waals surface area contributed by atoms with Crippen LogP contribution in [0, 0.1) is 0 Å². The van der Waals surface area contributed by atoms with Crippen LogP contribution in [0.3, 0.4) is 0 Å². The Hall–Kier alpha value is -2.87. The van der Waals surface area contributed by atoms with Crippen LogP contribution >= 0.6 is 11.3 Å². The molecule has 2 aromatic heterocycles. The van der Waals surface area contributed by atoms with Crippen molar-refractivity contribution in [2.75, 3.05) is 13.7 Å². The molecule has 0 aliphatic carbocycles. The second-order valence-corrected chi connectivity index (χ2v) is 6.63. The number of carbonyl (C=O) groups excluding carboxylic acids is 1. The van der Waals surface area contributed by atoms with Gasteiger partial charge in [-0.1, -0.05) is 6.07 Å². The van der Waals surface area contributed by atoms with Crippen molar-refractivity contribution in [2.45, 2.75) is 25.9 Å². The van der Waals surface area contributed by atoms with Gasteiger partial charge in [0.2, 0.25) is 0 Å². The van der Waals surface area contributed by atoms with E-state index < -0.39 is 6.10 Å². The number of benzene rings is 1. The van der Waals surface area contributed by atoms with E-state index in [-0.39, 0.29) is 18.3 Å². The lowest BCUT2D eigenvalue weighted by molar-refractivity contribution is -0.149. The van der Waals surface area contributed by atoms with Crippen LogP contribution in [-0.4, -0.2) is 29.9 Å². The fraction of sp³-hybridized carbons (Fsp3) is 0.316. The summed E-state index contributed by atoms with van der Waals surface area (Å²) in [5.74, 6) is 1.86. The van der Waals surface area contributed by atoms with Crippen molar-refractivity contribution in [1.29, 1.82) is 0 Å². The molecule has 0 amide bonds. The SMILES string of the molecule is COc1ccc(OCCCC(=O)OC(C)c2nnc(-c3cccs3)o2)cc1. The molecule has 27 heavy (non-hydrogen) atoms. The molecule has 0 aliphatic heterocycles. The Labute approximate surface area is 160 Å². The Morgan fingerprint density at radius 1 is 1.19 bits per heavy atom. The van der Waals surface area contributed by atoms with Crippen molar-refractivity contribution >= 4 is 17.3 Å². The number of hydrogen-bond acceptors (Lipinski definition) is 8. The lowest BCUT2D eigenvalue weighted by Crippen LogP contribution is -2.10. The lowest BCUT2D eigenvalue weighted by Gasteiger charge is -2.10. The average molecular weight is 388 g/mol. The molecule has 2 heterocycles. The molecule has 142 valence electrons. The fourth-order valence-corrected chi connectivity index (χ4v) is 2.93. The number of ether oxygens (including phenoxy) is 3. The number of thiophene rings is 1. The van der Waals surface area contributed by atoms with Gasteiger partial charge in [-0.25, -0.2) is 0 Å². The summed E-state index contributed by atoms with van der Waals surface area (Å²) < 4.78 is 21.6. The Morgan fingerprint density at radius 2 is 1.96 bits per heavy atom. The Morgan fingerprint density at radius 3 is 2.67 bits per heavy atom. The molecule has 0 spiro atoms. The summed E-state index contributed by atoms with van der Waals surface area (Å²) in [5, 5.41) is 9.86. The molecule has 3 rings (SSSR count). The summed E-state index contributed by atoms with van der Waals surface area (Å²) in [7, 11) is 1.61. The number of methoxy groups -OCH3 is 1. The number of hydrogen-bond donors (Lipinski definition) is 0. The zero-order valence-corrected chi connectivity index (χ0v) is 15.9. The van der Waals surface area contributed by atoms with Crippen LogP contribution in [0.5, 0.6) is 11.5 Å². The largest absolute Gasteiger partial charge is 0.497 e. The van der Waals surface area contributed by atoms with E-state index in [1.165, 1.54) is 11.3 Å². The minimum atomic E-state index is -0.596. The molecule has 0 N–H and O–H groups in total. The van der Waals surface area contributed by atoms with Gasteiger partial charge in [-0.15, -0.1) is 21.5 Å². The van der Waals surface area contributed by atoms with E-state index >= 15 is 0 Å². The first-order chi connectivity index (χ1) is 13.2. The van der Waals surface area contributed by atoms with Crippen molar-refractivity contribution < 1.29 is 23.4 Å². The van der Waals surface area contributed by atoms with E-state index in [0.717, 1.165) is 16.4 Å². The van der Waals surface area contributed by atoms with Crippen molar-refractivity contribution in [3.05, 3.63) is 47.7 Å². The van der Waals surface area contributed by atoms with Crippen LogP contribution in [0.15, 0.2) is 46.2 Å². The predicted octanol–water partition coefficient (Wildman–Crippen LogP) is 4.27. The summed E-state index contributed by atoms with van der Waals surface area (Å²) in [6.45, 7) is 2.12. The third-order valence-electron chi connectivity index (χ3n) is 3.68. The zero-order valence-electron chi connectivity index (χ0n) is 15.1. The highest BCUT2D eigenvalue weighted by atomic mass is 32.1. The number of carbonyl (C=O) groups is 1. The second-order valence-electron chi connectivity index (χ2n) is 5.68. The van der Waals surface area contributed by atoms with Gasteiger partial charge >= 0.3 is 5.97 Å². The number of esters is 1. The third-order valence-corrected chi connectivity index (χ3v) is 4.54. The molecule has 0 saturated carbocycles. The summed E-state index contributed by atoms with van der Waals surface area (Å²) in [6.07, 6.45) is 0.190. The molecule has 1 unspecified atom stereocenters. The standard InChI is InChI=1S/C19H20N2O5S/c1-13(18-20-21-19(26-18)16-5-4-12-27-16)25-17(22)6-3-11-24-15-9-7-14(23-2)8-10-15/h4-5,7-10,12-13H,3,6,11H2,1-2H3. The Kier molecular flexibility index (Phi) is 6.43. The Balaban J connectivity index is 1.39. The van der Waals surface area contributed by atoms with Gasteiger partial charge in [0.05, 0.1) is 18.6 Å². The zero-order chi connectivity index (χ0) is 19.1. The molecule has 1 aromatic carbocycles. The van der Waals surface area contributed by atoms with E-state index in [4.69, 9.17) is 18.6 Å². The van der Waals surface area contributed by atoms with Crippen LogP contribution in [0.25, 0.3) is 10.8 Å². The van der Waals surface area contributed by atoms with Crippen LogP contribution in [-0.2, 0) is 9.53 Å². The van der Waals surface area contributed by atoms with Crippen molar-refractivity contribution in [2.24, 2.45) is 0 Å². The molecule has 0 saturated heterocycles. The van der Waals surface area contributed by atoms with Gasteiger partial charge in [-0.3, -0.25) is 4.79 Å². The Bertz CT molecular complexity index is 845. The molecule has 3 aromatic rings. The fourth-order valence-electron chi connectivity index (χ4n) is 2.28. The van der Waals surface area contributed by atoms with Crippen molar-refractivity contribution in [3.8, 4) is 22.3 Å². The second kappa shape index (κ2) is 9.18. The smallest absolute Gasteiger partial charge is 0.306 e. The highest BCUT2D eigenvalue weighted by molar-refractivity contribution is 7.13. The molecular weight excluding hydrogens is 368 g/mol. The molecule has 0 bridgehead atoms. The molecular formula is C19H20N2O5S. The predicted molar refractivity (Wildman–Crippen MR) is 99.8 cm³/mol. The van der Waals surface area contributed by atoms with Crippen molar-refractivity contribution in [1.82, 2.24) is 10.2 Å². The third kappa shape index (κ3) is 5.30. The molecule has 0 aliphatic rings. The highest BCUT2D eigenvalue weighted by Crippen LogP contribution is 2.26. The summed E-state index contributed by atoms with van der Waals surface area (Å²) in [4.78, 5) is 12.9. The topological polar surface area (TPSA) is 83.7 Å². The first-order valence-corrected chi connectivity index (χ1v) is 9.37. The van der Waals surface area contributed by atoms with Crippen LogP contribution in [0.2, 0.25) is 0 Å². The molecule has 8 heteroatoms. The maximum atomic E-state index is 12.0. The van der Waals surface area contributed by atoms with E-state index in [1.54, 1.807) is 14.0 Å². The van der Waals surface area contributed by atoms with Gasteiger partial charge in [0.15, 0.2) is 6.10 Å². The first kappa shape index (κ1) is 18.9. The first-order valence-electron chi connectivity index (χ1n) is 8.49. The minimum absolute atomic E-state index is 0.242. The van der Waals surface area contributed by atoms with Gasteiger partial charge in [0.25, 0.3) is 11.8 Å². The van der Waals surface area contributed by atoms with Gasteiger partial charge in [0, 0.05) is 6.42 Å².